The Bertz CT molecular complexity index is 942. The first-order valence-electron chi connectivity index (χ1n) is 9.01. The lowest BCUT2D eigenvalue weighted by atomic mass is 10.1. The molecule has 2 aromatic carbocycles. The highest BCUT2D eigenvalue weighted by Crippen LogP contribution is 2.32. The summed E-state index contributed by atoms with van der Waals surface area (Å²) >= 11 is 0. The maximum Gasteiger partial charge on any atom is 0.161 e. The van der Waals surface area contributed by atoms with Crippen LogP contribution in [0.15, 0.2) is 42.7 Å². The molecule has 1 aliphatic rings. The number of aromatic nitrogens is 2. The third kappa shape index (κ3) is 3.05. The molecule has 1 unspecified atom stereocenters. The van der Waals surface area contributed by atoms with Gasteiger partial charge in [0.15, 0.2) is 17.6 Å². The second-order valence-electron chi connectivity index (χ2n) is 6.69. The van der Waals surface area contributed by atoms with Crippen molar-refractivity contribution in [3.05, 3.63) is 53.9 Å². The van der Waals surface area contributed by atoms with Crippen LogP contribution in [0.25, 0.3) is 10.9 Å². The van der Waals surface area contributed by atoms with Gasteiger partial charge in [0.25, 0.3) is 0 Å². The van der Waals surface area contributed by atoms with Crippen LogP contribution in [0.5, 0.6) is 11.5 Å². The zero-order valence-corrected chi connectivity index (χ0v) is 15.4. The molecule has 0 spiro atoms. The molecular weight excluding hydrogens is 326 g/mol. The average Bonchev–Trinajstić information content (AvgIpc) is 2.66. The molecule has 26 heavy (non-hydrogen) atoms. The largest absolute Gasteiger partial charge is 0.486 e. The van der Waals surface area contributed by atoms with Gasteiger partial charge in [-0.05, 0) is 56.2 Å². The number of para-hydroxylation sites is 2. The van der Waals surface area contributed by atoms with Crippen LogP contribution < -0.4 is 14.4 Å². The highest BCUT2D eigenvalue weighted by Gasteiger charge is 2.24. The number of hydrogen-bond donors (Lipinski definition) is 0. The Morgan fingerprint density at radius 2 is 1.85 bits per heavy atom. The molecule has 0 aliphatic carbocycles. The maximum atomic E-state index is 6.13. The minimum Gasteiger partial charge on any atom is -0.486 e. The molecular formula is C21H23N3O2. The third-order valence-electron chi connectivity index (χ3n) is 4.90. The van der Waals surface area contributed by atoms with Crippen molar-refractivity contribution in [2.45, 2.75) is 26.9 Å². The van der Waals surface area contributed by atoms with Gasteiger partial charge >= 0.3 is 0 Å². The number of aryl methyl sites for hydroxylation is 2. The van der Waals surface area contributed by atoms with Crippen molar-refractivity contribution in [3.63, 3.8) is 0 Å². The molecule has 3 aromatic rings. The summed E-state index contributed by atoms with van der Waals surface area (Å²) in [6, 6.07) is 12.1. The van der Waals surface area contributed by atoms with Crippen LogP contribution in [-0.2, 0) is 0 Å². The number of anilines is 1. The van der Waals surface area contributed by atoms with Crippen molar-refractivity contribution < 1.29 is 9.47 Å². The summed E-state index contributed by atoms with van der Waals surface area (Å²) < 4.78 is 12.0. The molecule has 2 heterocycles. The molecule has 0 bridgehead atoms. The first-order valence-corrected chi connectivity index (χ1v) is 9.01. The second kappa shape index (κ2) is 6.83. The Hall–Kier alpha value is -2.82. The van der Waals surface area contributed by atoms with Gasteiger partial charge in [0, 0.05) is 11.9 Å². The van der Waals surface area contributed by atoms with Gasteiger partial charge in [-0.2, -0.15) is 0 Å². The van der Waals surface area contributed by atoms with Crippen molar-refractivity contribution in [2.24, 2.45) is 0 Å². The van der Waals surface area contributed by atoms with Gasteiger partial charge in [-0.15, -0.1) is 0 Å². The van der Waals surface area contributed by atoms with E-state index in [1.807, 2.05) is 24.3 Å². The molecule has 0 radical (unpaired) electrons. The van der Waals surface area contributed by atoms with E-state index in [9.17, 15) is 0 Å². The van der Waals surface area contributed by atoms with Gasteiger partial charge in [-0.1, -0.05) is 12.1 Å². The molecule has 5 heteroatoms. The van der Waals surface area contributed by atoms with E-state index in [-0.39, 0.29) is 6.10 Å². The molecule has 134 valence electrons. The van der Waals surface area contributed by atoms with E-state index in [2.05, 4.69) is 47.8 Å². The van der Waals surface area contributed by atoms with Crippen molar-refractivity contribution in [2.75, 3.05) is 24.6 Å². The van der Waals surface area contributed by atoms with E-state index < -0.39 is 0 Å². The minimum atomic E-state index is -0.0404. The first kappa shape index (κ1) is 16.6. The normalized spacial score (nSPS) is 15.9. The van der Waals surface area contributed by atoms with Gasteiger partial charge < -0.3 is 14.4 Å². The number of rotatable bonds is 4. The predicted octanol–water partition coefficient (Wildman–Crippen LogP) is 3.91. The molecule has 1 aromatic heterocycles. The number of likely N-dealkylation sites (N-methyl/N-ethyl adjacent to an activating group) is 1. The van der Waals surface area contributed by atoms with Crippen molar-refractivity contribution in [1.29, 1.82) is 0 Å². The minimum absolute atomic E-state index is 0.0404. The van der Waals surface area contributed by atoms with Gasteiger partial charge in [0.2, 0.25) is 0 Å². The molecule has 0 saturated carbocycles. The predicted molar refractivity (Wildman–Crippen MR) is 103 cm³/mol. The number of nitrogens with zero attached hydrogens (tertiary/aromatic N) is 3. The second-order valence-corrected chi connectivity index (χ2v) is 6.69. The molecule has 0 amide bonds. The van der Waals surface area contributed by atoms with E-state index >= 15 is 0 Å². The summed E-state index contributed by atoms with van der Waals surface area (Å²) in [5.41, 5.74) is 3.46. The van der Waals surface area contributed by atoms with Crippen LogP contribution in [0.2, 0.25) is 0 Å². The molecule has 4 rings (SSSR count). The maximum absolute atomic E-state index is 6.13. The fourth-order valence-electron chi connectivity index (χ4n) is 3.32. The summed E-state index contributed by atoms with van der Waals surface area (Å²) in [5.74, 6) is 2.56. The molecule has 5 nitrogen and oxygen atoms in total. The van der Waals surface area contributed by atoms with Crippen molar-refractivity contribution in [3.8, 4) is 11.5 Å². The Balaban J connectivity index is 1.62. The fourth-order valence-corrected chi connectivity index (χ4v) is 3.32. The van der Waals surface area contributed by atoms with Gasteiger partial charge in [0.05, 0.1) is 12.1 Å². The Morgan fingerprint density at radius 3 is 2.65 bits per heavy atom. The van der Waals surface area contributed by atoms with Gasteiger partial charge in [-0.25, -0.2) is 9.97 Å². The highest BCUT2D eigenvalue weighted by atomic mass is 16.6. The monoisotopic (exact) mass is 349 g/mol. The lowest BCUT2D eigenvalue weighted by molar-refractivity contribution is 0.0953. The standard InChI is InChI=1S/C21H23N3O2/c1-4-24(11-16-12-25-19-7-5-6-8-20(19)26-16)21-17-9-14(2)15(3)10-18(17)22-13-23-21/h5-10,13,16H,4,11-12H2,1-3H3. The number of hydrogen-bond acceptors (Lipinski definition) is 5. The van der Waals surface area contributed by atoms with E-state index in [0.29, 0.717) is 13.2 Å². The molecule has 0 fully saturated rings. The van der Waals surface area contributed by atoms with Crippen LogP contribution in [0, 0.1) is 13.8 Å². The van der Waals surface area contributed by atoms with Gasteiger partial charge in [0.1, 0.15) is 18.8 Å². The lowest BCUT2D eigenvalue weighted by Crippen LogP contribution is -2.41. The number of benzene rings is 2. The number of fused-ring (bicyclic) bond motifs is 2. The van der Waals surface area contributed by atoms with Crippen LogP contribution in [0.3, 0.4) is 0 Å². The molecule has 1 aliphatic heterocycles. The lowest BCUT2D eigenvalue weighted by Gasteiger charge is -2.31. The zero-order chi connectivity index (χ0) is 18.1. The van der Waals surface area contributed by atoms with Crippen LogP contribution in [0.4, 0.5) is 5.82 Å². The van der Waals surface area contributed by atoms with Crippen LogP contribution >= 0.6 is 0 Å². The van der Waals surface area contributed by atoms with E-state index in [0.717, 1.165) is 34.8 Å². The van der Waals surface area contributed by atoms with Crippen molar-refractivity contribution >= 4 is 16.7 Å². The Kier molecular flexibility index (Phi) is 4.37. The number of ether oxygens (including phenoxy) is 2. The van der Waals surface area contributed by atoms with Crippen molar-refractivity contribution in [1.82, 2.24) is 9.97 Å². The van der Waals surface area contributed by atoms with Crippen LogP contribution in [0.1, 0.15) is 18.1 Å². The van der Waals surface area contributed by atoms with E-state index in [1.54, 1.807) is 6.33 Å². The quantitative estimate of drug-likeness (QED) is 0.715. The third-order valence-corrected chi connectivity index (χ3v) is 4.90. The van der Waals surface area contributed by atoms with Crippen LogP contribution in [-0.4, -0.2) is 35.8 Å². The summed E-state index contributed by atoms with van der Waals surface area (Å²) in [5, 5.41) is 1.08. The first-order chi connectivity index (χ1) is 12.7. The highest BCUT2D eigenvalue weighted by molar-refractivity contribution is 5.90. The smallest absolute Gasteiger partial charge is 0.161 e. The SMILES string of the molecule is CCN(CC1COc2ccccc2O1)c1ncnc2cc(C)c(C)cc12. The molecule has 0 saturated heterocycles. The average molecular weight is 349 g/mol. The Morgan fingerprint density at radius 1 is 1.08 bits per heavy atom. The van der Waals surface area contributed by atoms with Gasteiger partial charge in [-0.3, -0.25) is 0 Å². The fraction of sp³-hybridized carbons (Fsp3) is 0.333. The zero-order valence-electron chi connectivity index (χ0n) is 15.4. The molecule has 1 atom stereocenters. The van der Waals surface area contributed by atoms with E-state index in [4.69, 9.17) is 9.47 Å². The molecule has 0 N–H and O–H groups in total. The summed E-state index contributed by atoms with van der Waals surface area (Å²) in [6.07, 6.45) is 1.60. The topological polar surface area (TPSA) is 47.5 Å². The summed E-state index contributed by atoms with van der Waals surface area (Å²) in [4.78, 5) is 11.3. The van der Waals surface area contributed by atoms with E-state index in [1.165, 1.54) is 11.1 Å². The summed E-state index contributed by atoms with van der Waals surface area (Å²) in [6.45, 7) is 8.45. The Labute approximate surface area is 153 Å². The summed E-state index contributed by atoms with van der Waals surface area (Å²) in [7, 11) is 0.